The smallest absolute Gasteiger partial charge is 0.223 e. The van der Waals surface area contributed by atoms with E-state index < -0.39 is 0 Å². The zero-order valence-electron chi connectivity index (χ0n) is 23.6. The van der Waals surface area contributed by atoms with E-state index in [0.717, 1.165) is 69.0 Å². The molecule has 204 valence electrons. The molecule has 1 N–H and O–H groups in total. The van der Waals surface area contributed by atoms with Gasteiger partial charge >= 0.3 is 0 Å². The molecule has 6 nitrogen and oxygen atoms in total. The summed E-state index contributed by atoms with van der Waals surface area (Å²) in [5.41, 5.74) is 7.24. The summed E-state index contributed by atoms with van der Waals surface area (Å²) < 4.78 is 2.33. The van der Waals surface area contributed by atoms with Crippen LogP contribution in [-0.2, 0) is 11.3 Å². The van der Waals surface area contributed by atoms with Crippen LogP contribution in [0.1, 0.15) is 42.9 Å². The molecule has 0 unspecified atom stereocenters. The number of amides is 1. The normalized spacial score (nSPS) is 14.1. The molecule has 4 aromatic rings. The number of aromatic nitrogens is 2. The summed E-state index contributed by atoms with van der Waals surface area (Å²) in [5.74, 6) is 1.27. The summed E-state index contributed by atoms with van der Waals surface area (Å²) in [6, 6.07) is 25.7. The molecule has 1 fully saturated rings. The van der Waals surface area contributed by atoms with Gasteiger partial charge < -0.3 is 19.7 Å². The minimum Gasteiger partial charge on any atom is -0.372 e. The summed E-state index contributed by atoms with van der Waals surface area (Å²) in [4.78, 5) is 22.7. The van der Waals surface area contributed by atoms with Gasteiger partial charge in [0.05, 0.1) is 17.6 Å². The number of para-hydroxylation sites is 2. The second-order valence-corrected chi connectivity index (χ2v) is 10.8. The molecule has 1 aromatic heterocycles. The quantitative estimate of drug-likeness (QED) is 0.261. The van der Waals surface area contributed by atoms with Crippen molar-refractivity contribution in [2.45, 2.75) is 46.6 Å². The highest BCUT2D eigenvalue weighted by molar-refractivity contribution is 5.80. The number of nitrogens with zero attached hydrogens (tertiary/aromatic N) is 4. The minimum absolute atomic E-state index is 0.0650. The van der Waals surface area contributed by atoms with Crippen LogP contribution < -0.4 is 15.1 Å². The number of benzene rings is 3. The van der Waals surface area contributed by atoms with Crippen LogP contribution in [-0.4, -0.2) is 48.2 Å². The number of carbonyl (C=O) groups is 1. The van der Waals surface area contributed by atoms with E-state index in [4.69, 9.17) is 4.98 Å². The van der Waals surface area contributed by atoms with Gasteiger partial charge in [-0.15, -0.1) is 0 Å². The van der Waals surface area contributed by atoms with Gasteiger partial charge in [-0.2, -0.15) is 0 Å². The predicted molar refractivity (Wildman–Crippen MR) is 162 cm³/mol. The third kappa shape index (κ3) is 6.44. The molecule has 0 aliphatic carbocycles. The first-order chi connectivity index (χ1) is 19.0. The van der Waals surface area contributed by atoms with Gasteiger partial charge in [-0.1, -0.05) is 54.1 Å². The fourth-order valence-corrected chi connectivity index (χ4v) is 5.60. The van der Waals surface area contributed by atoms with Crippen molar-refractivity contribution in [2.24, 2.45) is 5.92 Å². The molecule has 1 amide bonds. The van der Waals surface area contributed by atoms with Crippen molar-refractivity contribution in [1.29, 1.82) is 0 Å². The molecule has 0 spiro atoms. The van der Waals surface area contributed by atoms with Gasteiger partial charge in [0, 0.05) is 44.3 Å². The molecule has 0 saturated carbocycles. The van der Waals surface area contributed by atoms with Gasteiger partial charge in [-0.3, -0.25) is 4.79 Å². The number of fused-ring (bicyclic) bond motifs is 1. The molecule has 6 heteroatoms. The summed E-state index contributed by atoms with van der Waals surface area (Å²) in [6.45, 7) is 11.5. The number of nitrogens with one attached hydrogen (secondary N) is 1. The molecule has 2 heterocycles. The molecule has 1 saturated heterocycles. The lowest BCUT2D eigenvalue weighted by Crippen LogP contribution is -2.42. The lowest BCUT2D eigenvalue weighted by atomic mass is 9.96. The van der Waals surface area contributed by atoms with Crippen LogP contribution in [0.15, 0.2) is 72.8 Å². The summed E-state index contributed by atoms with van der Waals surface area (Å²) >= 11 is 0. The Kier molecular flexibility index (Phi) is 8.50. The van der Waals surface area contributed by atoms with Gasteiger partial charge in [0.25, 0.3) is 0 Å². The standard InChI is InChI=1S/C33H41N5O/c1-4-36(29-10-7-9-26(3)23-29)20-8-19-34-32(39)28-17-21-37(22-18-28)33-35-30-11-5-6-12-31(30)38(33)24-27-15-13-25(2)14-16-27/h5-7,9-16,23,28H,4,8,17-22,24H2,1-3H3,(H,34,39). The van der Waals surface area contributed by atoms with Crippen molar-refractivity contribution < 1.29 is 4.79 Å². The number of carbonyl (C=O) groups excluding carboxylic acids is 1. The van der Waals surface area contributed by atoms with Crippen LogP contribution in [0.3, 0.4) is 0 Å². The zero-order chi connectivity index (χ0) is 27.2. The first-order valence-electron chi connectivity index (χ1n) is 14.4. The van der Waals surface area contributed by atoms with E-state index in [1.54, 1.807) is 0 Å². The Balaban J connectivity index is 1.16. The number of rotatable bonds is 10. The maximum Gasteiger partial charge on any atom is 0.223 e. The number of hydrogen-bond acceptors (Lipinski definition) is 4. The molecule has 0 radical (unpaired) electrons. The van der Waals surface area contributed by atoms with Crippen LogP contribution in [0.25, 0.3) is 11.0 Å². The molecule has 1 aliphatic rings. The van der Waals surface area contributed by atoms with Gasteiger partial charge in [0.1, 0.15) is 0 Å². The van der Waals surface area contributed by atoms with Crippen molar-refractivity contribution >= 4 is 28.6 Å². The molecule has 3 aromatic carbocycles. The van der Waals surface area contributed by atoms with Gasteiger partial charge in [0.15, 0.2) is 0 Å². The Morgan fingerprint density at radius 2 is 1.74 bits per heavy atom. The lowest BCUT2D eigenvalue weighted by molar-refractivity contribution is -0.125. The topological polar surface area (TPSA) is 53.4 Å². The molecule has 1 aliphatic heterocycles. The Bertz CT molecular complexity index is 1390. The van der Waals surface area contributed by atoms with Crippen molar-refractivity contribution in [3.8, 4) is 0 Å². The third-order valence-corrected chi connectivity index (χ3v) is 7.90. The highest BCUT2D eigenvalue weighted by Gasteiger charge is 2.27. The number of hydrogen-bond donors (Lipinski definition) is 1. The van der Waals surface area contributed by atoms with Gasteiger partial charge in [-0.05, 0) is 75.4 Å². The van der Waals surface area contributed by atoms with E-state index in [-0.39, 0.29) is 11.8 Å². The van der Waals surface area contributed by atoms with Crippen LogP contribution in [0.4, 0.5) is 11.6 Å². The first kappa shape index (κ1) is 26.8. The van der Waals surface area contributed by atoms with Crippen LogP contribution in [0.5, 0.6) is 0 Å². The van der Waals surface area contributed by atoms with E-state index in [1.165, 1.54) is 22.4 Å². The fraction of sp³-hybridized carbons (Fsp3) is 0.394. The maximum absolute atomic E-state index is 13.0. The average molecular weight is 524 g/mol. The fourth-order valence-electron chi connectivity index (χ4n) is 5.60. The second kappa shape index (κ2) is 12.4. The van der Waals surface area contributed by atoms with E-state index in [9.17, 15) is 4.79 Å². The number of imidazole rings is 1. The molecule has 5 rings (SSSR count). The Labute approximate surface area is 232 Å². The van der Waals surface area contributed by atoms with E-state index in [1.807, 2.05) is 6.07 Å². The van der Waals surface area contributed by atoms with Crippen molar-refractivity contribution in [3.63, 3.8) is 0 Å². The van der Waals surface area contributed by atoms with Crippen LogP contribution in [0, 0.1) is 19.8 Å². The van der Waals surface area contributed by atoms with E-state index in [2.05, 4.69) is 107 Å². The zero-order valence-corrected chi connectivity index (χ0v) is 23.6. The number of aryl methyl sites for hydroxylation is 2. The SMILES string of the molecule is CCN(CCCNC(=O)C1CCN(c2nc3ccccc3n2Cc2ccc(C)cc2)CC1)c1cccc(C)c1. The summed E-state index contributed by atoms with van der Waals surface area (Å²) in [6.07, 6.45) is 2.64. The Morgan fingerprint density at radius 1 is 0.974 bits per heavy atom. The Hall–Kier alpha value is -3.80. The molecule has 0 atom stereocenters. The van der Waals surface area contributed by atoms with E-state index in [0.29, 0.717) is 6.54 Å². The molecule has 0 bridgehead atoms. The van der Waals surface area contributed by atoms with Gasteiger partial charge in [0.2, 0.25) is 11.9 Å². The van der Waals surface area contributed by atoms with Crippen LogP contribution in [0.2, 0.25) is 0 Å². The highest BCUT2D eigenvalue weighted by atomic mass is 16.1. The molecule has 39 heavy (non-hydrogen) atoms. The lowest BCUT2D eigenvalue weighted by Gasteiger charge is -2.32. The maximum atomic E-state index is 13.0. The minimum atomic E-state index is 0.0650. The van der Waals surface area contributed by atoms with E-state index >= 15 is 0 Å². The van der Waals surface area contributed by atoms with Crippen molar-refractivity contribution in [2.75, 3.05) is 42.5 Å². The van der Waals surface area contributed by atoms with Crippen LogP contribution >= 0.6 is 0 Å². The van der Waals surface area contributed by atoms with Gasteiger partial charge in [-0.25, -0.2) is 4.98 Å². The number of anilines is 2. The van der Waals surface area contributed by atoms with Crippen molar-refractivity contribution in [3.05, 3.63) is 89.5 Å². The second-order valence-electron chi connectivity index (χ2n) is 10.8. The summed E-state index contributed by atoms with van der Waals surface area (Å²) in [5, 5.41) is 3.21. The number of piperidine rings is 1. The predicted octanol–water partition coefficient (Wildman–Crippen LogP) is 5.95. The highest BCUT2D eigenvalue weighted by Crippen LogP contribution is 2.28. The molecular weight excluding hydrogens is 482 g/mol. The largest absolute Gasteiger partial charge is 0.372 e. The summed E-state index contributed by atoms with van der Waals surface area (Å²) in [7, 11) is 0. The first-order valence-corrected chi connectivity index (χ1v) is 14.4. The average Bonchev–Trinajstić information content (AvgIpc) is 3.32. The third-order valence-electron chi connectivity index (χ3n) is 7.90. The monoisotopic (exact) mass is 523 g/mol. The van der Waals surface area contributed by atoms with Crippen molar-refractivity contribution in [1.82, 2.24) is 14.9 Å². The molecular formula is C33H41N5O. The Morgan fingerprint density at radius 3 is 2.49 bits per heavy atom.